The molecule has 3 heterocycles. The number of hydrogen-bond donors (Lipinski definition) is 3. The minimum atomic E-state index is -5.08. The molecule has 1 unspecified atom stereocenters. The molecule has 0 saturated carbocycles. The molecule has 0 spiro atoms. The summed E-state index contributed by atoms with van der Waals surface area (Å²) in [5, 5.41) is 15.1. The Labute approximate surface area is 196 Å². The highest BCUT2D eigenvalue weighted by atomic mass is 79.9. The number of carboxylic acids is 1. The van der Waals surface area contributed by atoms with E-state index in [-0.39, 0.29) is 0 Å². The standard InChI is InChI=1S/C19H23BrN6.C2HF3O2/c1-25-13-17(9-23-25)26-8-2-3-16(12-26)21-11-19-22-10-18(24-19)14-4-6-15(20)7-5-14;3-2(4,5)1(6)7/h4-7,9-10,13,16,21H,2-3,8,11-12H2,1H3,(H,22,24);(H,6,7). The van der Waals surface area contributed by atoms with E-state index in [4.69, 9.17) is 9.90 Å². The van der Waals surface area contributed by atoms with Crippen molar-refractivity contribution in [2.75, 3.05) is 18.0 Å². The van der Waals surface area contributed by atoms with Crippen molar-refractivity contribution in [1.29, 1.82) is 0 Å². The number of anilines is 1. The van der Waals surface area contributed by atoms with Crippen LogP contribution >= 0.6 is 15.9 Å². The van der Waals surface area contributed by atoms with Crippen molar-refractivity contribution < 1.29 is 23.1 Å². The van der Waals surface area contributed by atoms with Gasteiger partial charge in [-0.15, -0.1) is 0 Å². The molecule has 33 heavy (non-hydrogen) atoms. The summed E-state index contributed by atoms with van der Waals surface area (Å²) in [6.07, 6.45) is 3.23. The number of alkyl halides is 3. The molecule has 8 nitrogen and oxygen atoms in total. The number of aliphatic carboxylic acids is 1. The summed E-state index contributed by atoms with van der Waals surface area (Å²) < 4.78 is 34.7. The molecule has 1 saturated heterocycles. The van der Waals surface area contributed by atoms with Gasteiger partial charge in [-0.05, 0) is 30.5 Å². The zero-order chi connectivity index (χ0) is 24.0. The SMILES string of the molecule is Cn1cc(N2CCCC(NCc3ncc(-c4ccc(Br)cc4)[nH]3)C2)cn1.O=C(O)C(F)(F)F. The molecule has 12 heteroatoms. The Morgan fingerprint density at radius 2 is 2.00 bits per heavy atom. The number of carboxylic acid groups (broad SMARTS) is 1. The number of piperidine rings is 1. The van der Waals surface area contributed by atoms with Crippen molar-refractivity contribution in [3.8, 4) is 11.3 Å². The fraction of sp³-hybridized carbons (Fsp3) is 0.381. The van der Waals surface area contributed by atoms with Gasteiger partial charge >= 0.3 is 12.1 Å². The molecule has 0 amide bonds. The van der Waals surface area contributed by atoms with Crippen LogP contribution in [0.1, 0.15) is 18.7 Å². The number of imidazole rings is 1. The molecule has 1 fully saturated rings. The largest absolute Gasteiger partial charge is 0.490 e. The van der Waals surface area contributed by atoms with Gasteiger partial charge in [0.25, 0.3) is 0 Å². The van der Waals surface area contributed by atoms with E-state index in [9.17, 15) is 13.2 Å². The van der Waals surface area contributed by atoms with Crippen LogP contribution in [0.4, 0.5) is 18.9 Å². The van der Waals surface area contributed by atoms with Crippen LogP contribution in [0, 0.1) is 0 Å². The first-order chi connectivity index (χ1) is 15.6. The lowest BCUT2D eigenvalue weighted by Crippen LogP contribution is -2.45. The molecule has 1 aliphatic rings. The minimum absolute atomic E-state index is 0.463. The van der Waals surface area contributed by atoms with Crippen molar-refractivity contribution in [3.05, 3.63) is 53.2 Å². The number of benzene rings is 1. The molecule has 0 bridgehead atoms. The van der Waals surface area contributed by atoms with Gasteiger partial charge in [0.15, 0.2) is 0 Å². The maximum atomic E-state index is 10.6. The van der Waals surface area contributed by atoms with E-state index < -0.39 is 12.1 Å². The Hall–Kier alpha value is -2.86. The molecule has 3 aromatic rings. The quantitative estimate of drug-likeness (QED) is 0.463. The number of nitrogens with one attached hydrogen (secondary N) is 2. The molecule has 1 aliphatic heterocycles. The van der Waals surface area contributed by atoms with Gasteiger partial charge in [0, 0.05) is 36.8 Å². The second-order valence-electron chi connectivity index (χ2n) is 7.59. The average molecular weight is 529 g/mol. The van der Waals surface area contributed by atoms with Gasteiger partial charge in [0.1, 0.15) is 5.82 Å². The third kappa shape index (κ3) is 7.32. The van der Waals surface area contributed by atoms with E-state index in [1.807, 2.05) is 36.3 Å². The van der Waals surface area contributed by atoms with E-state index in [1.54, 1.807) is 0 Å². The van der Waals surface area contributed by atoms with Crippen LogP contribution < -0.4 is 10.2 Å². The number of H-pyrrole nitrogens is 1. The van der Waals surface area contributed by atoms with Crippen LogP contribution in [-0.4, -0.2) is 56.1 Å². The topological polar surface area (TPSA) is 99.1 Å². The lowest BCUT2D eigenvalue weighted by molar-refractivity contribution is -0.192. The Morgan fingerprint density at radius 3 is 2.61 bits per heavy atom. The molecular formula is C21H24BrF3N6O2. The molecule has 2 aromatic heterocycles. The van der Waals surface area contributed by atoms with Gasteiger partial charge < -0.3 is 20.3 Å². The zero-order valence-corrected chi connectivity index (χ0v) is 19.4. The Morgan fingerprint density at radius 1 is 1.30 bits per heavy atom. The maximum Gasteiger partial charge on any atom is 0.490 e. The minimum Gasteiger partial charge on any atom is -0.475 e. The number of nitrogens with zero attached hydrogens (tertiary/aromatic N) is 4. The van der Waals surface area contributed by atoms with Crippen LogP contribution in [0.2, 0.25) is 0 Å². The maximum absolute atomic E-state index is 10.6. The van der Waals surface area contributed by atoms with Crippen molar-refractivity contribution in [3.63, 3.8) is 0 Å². The molecule has 1 atom stereocenters. The molecule has 4 rings (SSSR count). The van der Waals surface area contributed by atoms with E-state index in [0.717, 1.165) is 41.2 Å². The van der Waals surface area contributed by atoms with Crippen LogP contribution in [-0.2, 0) is 18.4 Å². The predicted octanol–water partition coefficient (Wildman–Crippen LogP) is 3.96. The fourth-order valence-electron chi connectivity index (χ4n) is 3.42. The summed E-state index contributed by atoms with van der Waals surface area (Å²) in [4.78, 5) is 19.2. The number of aromatic amines is 1. The zero-order valence-electron chi connectivity index (χ0n) is 17.8. The second-order valence-corrected chi connectivity index (χ2v) is 8.51. The predicted molar refractivity (Wildman–Crippen MR) is 121 cm³/mol. The van der Waals surface area contributed by atoms with Crippen molar-refractivity contribution in [2.24, 2.45) is 7.05 Å². The van der Waals surface area contributed by atoms with Crippen LogP contribution in [0.15, 0.2) is 47.3 Å². The summed E-state index contributed by atoms with van der Waals surface area (Å²) in [6, 6.07) is 8.72. The third-order valence-electron chi connectivity index (χ3n) is 5.06. The first-order valence-corrected chi connectivity index (χ1v) is 11.0. The molecule has 178 valence electrons. The highest BCUT2D eigenvalue weighted by molar-refractivity contribution is 9.10. The lowest BCUT2D eigenvalue weighted by atomic mass is 10.1. The van der Waals surface area contributed by atoms with Gasteiger partial charge in [0.05, 0.1) is 30.3 Å². The first kappa shape index (κ1) is 24.8. The Bertz CT molecular complexity index is 1050. The van der Waals surface area contributed by atoms with Gasteiger partial charge in [-0.3, -0.25) is 4.68 Å². The summed E-state index contributed by atoms with van der Waals surface area (Å²) in [5.41, 5.74) is 3.40. The second kappa shape index (κ2) is 10.8. The van der Waals surface area contributed by atoms with E-state index in [0.29, 0.717) is 6.04 Å². The van der Waals surface area contributed by atoms with E-state index >= 15 is 0 Å². The van der Waals surface area contributed by atoms with E-state index in [2.05, 4.69) is 59.5 Å². The fourth-order valence-corrected chi connectivity index (χ4v) is 3.68. The monoisotopic (exact) mass is 528 g/mol. The van der Waals surface area contributed by atoms with Crippen molar-refractivity contribution >= 4 is 27.6 Å². The Kier molecular flexibility index (Phi) is 8.14. The highest BCUT2D eigenvalue weighted by Crippen LogP contribution is 2.21. The van der Waals surface area contributed by atoms with Crippen LogP contribution in [0.3, 0.4) is 0 Å². The van der Waals surface area contributed by atoms with Crippen molar-refractivity contribution in [1.82, 2.24) is 25.1 Å². The van der Waals surface area contributed by atoms with E-state index in [1.165, 1.54) is 18.5 Å². The summed E-state index contributed by atoms with van der Waals surface area (Å²) in [5.74, 6) is -1.78. The number of aromatic nitrogens is 4. The Balaban J connectivity index is 0.000000383. The molecular weight excluding hydrogens is 505 g/mol. The number of hydrogen-bond acceptors (Lipinski definition) is 5. The third-order valence-corrected chi connectivity index (χ3v) is 5.59. The van der Waals surface area contributed by atoms with Gasteiger partial charge in [-0.1, -0.05) is 28.1 Å². The molecule has 0 aliphatic carbocycles. The highest BCUT2D eigenvalue weighted by Gasteiger charge is 2.38. The lowest BCUT2D eigenvalue weighted by Gasteiger charge is -2.33. The van der Waals surface area contributed by atoms with Crippen LogP contribution in [0.5, 0.6) is 0 Å². The first-order valence-electron chi connectivity index (χ1n) is 10.2. The molecule has 3 N–H and O–H groups in total. The van der Waals surface area contributed by atoms with Gasteiger partial charge in [-0.2, -0.15) is 18.3 Å². The van der Waals surface area contributed by atoms with Crippen LogP contribution in [0.25, 0.3) is 11.3 Å². The summed E-state index contributed by atoms with van der Waals surface area (Å²) >= 11 is 3.47. The summed E-state index contributed by atoms with van der Waals surface area (Å²) in [6.45, 7) is 2.85. The number of halogens is 4. The molecule has 1 aromatic carbocycles. The van der Waals surface area contributed by atoms with Crippen molar-refractivity contribution in [2.45, 2.75) is 31.6 Å². The normalized spacial score (nSPS) is 16.3. The smallest absolute Gasteiger partial charge is 0.475 e. The van der Waals surface area contributed by atoms with Gasteiger partial charge in [0.2, 0.25) is 0 Å². The summed E-state index contributed by atoms with van der Waals surface area (Å²) in [7, 11) is 1.96. The number of rotatable bonds is 5. The number of aryl methyl sites for hydroxylation is 1. The average Bonchev–Trinajstić information content (AvgIpc) is 3.42. The number of carbonyl (C=O) groups is 1. The van der Waals surface area contributed by atoms with Gasteiger partial charge in [-0.25, -0.2) is 9.78 Å². The molecule has 0 radical (unpaired) electrons.